The van der Waals surface area contributed by atoms with Crippen molar-refractivity contribution < 1.29 is 14.2 Å². The number of allylic oxidation sites excluding steroid dienone is 1. The molecule has 0 aliphatic rings. The molecule has 33 heavy (non-hydrogen) atoms. The fourth-order valence-corrected chi connectivity index (χ4v) is 3.88. The van der Waals surface area contributed by atoms with Crippen molar-refractivity contribution in [3.05, 3.63) is 84.3 Å². The third kappa shape index (κ3) is 6.53. The number of hydrogen-bond donors (Lipinski definition) is 1. The van der Waals surface area contributed by atoms with E-state index >= 15 is 0 Å². The summed E-state index contributed by atoms with van der Waals surface area (Å²) in [6.45, 7) is 9.84. The van der Waals surface area contributed by atoms with Crippen molar-refractivity contribution in [2.75, 3.05) is 13.1 Å². The lowest BCUT2D eigenvalue weighted by Gasteiger charge is -2.25. The Balaban J connectivity index is 2.01. The number of rotatable bonds is 13. The molecule has 0 amide bonds. The van der Waals surface area contributed by atoms with Crippen LogP contribution in [0.25, 0.3) is 5.69 Å². The molecule has 0 saturated carbocycles. The van der Waals surface area contributed by atoms with Crippen LogP contribution in [0.3, 0.4) is 0 Å². The highest BCUT2D eigenvalue weighted by atomic mass is 19.1. The van der Waals surface area contributed by atoms with Crippen LogP contribution in [-0.4, -0.2) is 39.0 Å². The molecule has 176 valence electrons. The van der Waals surface area contributed by atoms with Crippen molar-refractivity contribution in [1.82, 2.24) is 14.7 Å². The Kier molecular flexibility index (Phi) is 9.22. The number of para-hydroxylation sites is 2. The van der Waals surface area contributed by atoms with E-state index in [0.29, 0.717) is 31.8 Å². The summed E-state index contributed by atoms with van der Waals surface area (Å²) in [5.41, 5.74) is 2.65. The molecule has 1 heterocycles. The molecule has 0 fully saturated rings. The number of halogens is 1. The predicted octanol–water partition coefficient (Wildman–Crippen LogP) is 5.91. The van der Waals surface area contributed by atoms with Gasteiger partial charge in [0, 0.05) is 13.1 Å². The number of ether oxygens (including phenoxy) is 1. The van der Waals surface area contributed by atoms with Crippen LogP contribution in [0, 0.1) is 5.82 Å². The largest absolute Gasteiger partial charge is 0.435 e. The molecular weight excluding hydrogens is 417 g/mol. The molecule has 1 unspecified atom stereocenters. The van der Waals surface area contributed by atoms with Crippen molar-refractivity contribution in [3.63, 3.8) is 0 Å². The highest BCUT2D eigenvalue weighted by Gasteiger charge is 2.24. The molecule has 5 nitrogen and oxygen atoms in total. The van der Waals surface area contributed by atoms with Gasteiger partial charge in [-0.1, -0.05) is 50.3 Å². The quantitative estimate of drug-likeness (QED) is 0.329. The van der Waals surface area contributed by atoms with Gasteiger partial charge >= 0.3 is 0 Å². The van der Waals surface area contributed by atoms with Crippen molar-refractivity contribution in [3.8, 4) is 17.3 Å². The van der Waals surface area contributed by atoms with Crippen molar-refractivity contribution >= 4 is 0 Å². The number of aromatic nitrogens is 2. The smallest absolute Gasteiger partial charge is 0.227 e. The third-order valence-electron chi connectivity index (χ3n) is 5.49. The maximum atomic E-state index is 14.5. The number of aliphatic hydroxyl groups is 1. The van der Waals surface area contributed by atoms with Crippen LogP contribution >= 0.6 is 0 Å². The van der Waals surface area contributed by atoms with Gasteiger partial charge in [-0.05, 0) is 56.5 Å². The van der Waals surface area contributed by atoms with Gasteiger partial charge in [-0.2, -0.15) is 5.10 Å². The lowest BCUT2D eigenvalue weighted by molar-refractivity contribution is 0.102. The fraction of sp³-hybridized carbons (Fsp3) is 0.370. The van der Waals surface area contributed by atoms with Gasteiger partial charge in [0.15, 0.2) is 11.6 Å². The van der Waals surface area contributed by atoms with E-state index in [1.807, 2.05) is 36.4 Å². The van der Waals surface area contributed by atoms with E-state index in [1.54, 1.807) is 22.9 Å². The number of aryl methyl sites for hydroxylation is 1. The van der Waals surface area contributed by atoms with Crippen LogP contribution in [0.5, 0.6) is 11.6 Å². The first-order chi connectivity index (χ1) is 16.1. The van der Waals surface area contributed by atoms with Crippen molar-refractivity contribution in [1.29, 1.82) is 0 Å². The zero-order valence-corrected chi connectivity index (χ0v) is 19.6. The Morgan fingerprint density at radius 2 is 1.88 bits per heavy atom. The van der Waals surface area contributed by atoms with E-state index in [9.17, 15) is 9.50 Å². The standard InChI is InChI=1S/C27H34FN3O2/c1-4-7-15-22(32)19-30(18-5-2)20-23-25(6-3)29-31(21-13-9-8-10-14-21)27(23)33-26-17-12-11-16-24(26)28/h4,8-14,16-17,22,32H,1,5-7,15,18-20H2,2-3H3. The zero-order valence-electron chi connectivity index (χ0n) is 19.6. The summed E-state index contributed by atoms with van der Waals surface area (Å²) >= 11 is 0. The lowest BCUT2D eigenvalue weighted by Crippen LogP contribution is -2.33. The summed E-state index contributed by atoms with van der Waals surface area (Å²) in [6, 6.07) is 16.1. The number of aliphatic hydroxyl groups excluding tert-OH is 1. The summed E-state index contributed by atoms with van der Waals surface area (Å²) in [5, 5.41) is 15.3. The molecule has 0 aliphatic heterocycles. The van der Waals surface area contributed by atoms with Gasteiger partial charge in [-0.25, -0.2) is 9.07 Å². The van der Waals surface area contributed by atoms with Crippen molar-refractivity contribution in [2.24, 2.45) is 0 Å². The minimum absolute atomic E-state index is 0.159. The Hall–Kier alpha value is -2.96. The average molecular weight is 452 g/mol. The molecule has 0 saturated heterocycles. The first kappa shape index (κ1) is 24.7. The highest BCUT2D eigenvalue weighted by Crippen LogP contribution is 2.33. The van der Waals surface area contributed by atoms with Gasteiger partial charge in [0.1, 0.15) is 0 Å². The second kappa shape index (κ2) is 12.3. The van der Waals surface area contributed by atoms with Crippen LogP contribution in [0.2, 0.25) is 0 Å². The predicted molar refractivity (Wildman–Crippen MR) is 130 cm³/mol. The van der Waals surface area contributed by atoms with Crippen LogP contribution < -0.4 is 4.74 Å². The normalized spacial score (nSPS) is 12.2. The van der Waals surface area contributed by atoms with E-state index in [0.717, 1.165) is 36.3 Å². The molecule has 2 aromatic carbocycles. The molecule has 1 N–H and O–H groups in total. The Morgan fingerprint density at radius 3 is 2.55 bits per heavy atom. The highest BCUT2D eigenvalue weighted by molar-refractivity contribution is 5.44. The van der Waals surface area contributed by atoms with Gasteiger partial charge in [-0.15, -0.1) is 6.58 Å². The summed E-state index contributed by atoms with van der Waals surface area (Å²) in [4.78, 5) is 2.22. The van der Waals surface area contributed by atoms with Gasteiger partial charge in [0.25, 0.3) is 0 Å². The molecule has 3 aromatic rings. The molecule has 1 atom stereocenters. The molecular formula is C27H34FN3O2. The summed E-state index contributed by atoms with van der Waals surface area (Å²) in [6.07, 6.45) is 4.49. The van der Waals surface area contributed by atoms with Gasteiger partial charge in [-0.3, -0.25) is 4.90 Å². The first-order valence-electron chi connectivity index (χ1n) is 11.7. The average Bonchev–Trinajstić information content (AvgIpc) is 3.17. The molecule has 3 rings (SSSR count). The van der Waals surface area contributed by atoms with Crippen LogP contribution in [-0.2, 0) is 13.0 Å². The topological polar surface area (TPSA) is 50.5 Å². The van der Waals surface area contributed by atoms with Crippen LogP contribution in [0.4, 0.5) is 4.39 Å². The monoisotopic (exact) mass is 451 g/mol. The van der Waals surface area contributed by atoms with Gasteiger partial charge < -0.3 is 9.84 Å². The molecule has 0 radical (unpaired) electrons. The molecule has 0 spiro atoms. The van der Waals surface area contributed by atoms with E-state index in [1.165, 1.54) is 6.07 Å². The number of hydrogen-bond acceptors (Lipinski definition) is 4. The first-order valence-corrected chi connectivity index (χ1v) is 11.7. The second-order valence-corrected chi connectivity index (χ2v) is 8.12. The molecule has 6 heteroatoms. The second-order valence-electron chi connectivity index (χ2n) is 8.12. The fourth-order valence-electron chi connectivity index (χ4n) is 3.88. The SMILES string of the molecule is C=CCCC(O)CN(CCC)Cc1c(CC)nn(-c2ccccc2)c1Oc1ccccc1F. The molecule has 0 bridgehead atoms. The van der Waals surface area contributed by atoms with Crippen LogP contribution in [0.1, 0.15) is 44.4 Å². The lowest BCUT2D eigenvalue weighted by atomic mass is 10.1. The maximum absolute atomic E-state index is 14.5. The summed E-state index contributed by atoms with van der Waals surface area (Å²) in [7, 11) is 0. The molecule has 1 aromatic heterocycles. The number of benzene rings is 2. The van der Waals surface area contributed by atoms with Gasteiger partial charge in [0.05, 0.1) is 23.0 Å². The zero-order chi connectivity index (χ0) is 23.6. The molecule has 0 aliphatic carbocycles. The van der Waals surface area contributed by atoms with E-state index in [2.05, 4.69) is 25.3 Å². The van der Waals surface area contributed by atoms with E-state index in [4.69, 9.17) is 9.84 Å². The van der Waals surface area contributed by atoms with Crippen LogP contribution in [0.15, 0.2) is 67.3 Å². The Bertz CT molecular complexity index is 1020. The number of nitrogens with zero attached hydrogens (tertiary/aromatic N) is 3. The van der Waals surface area contributed by atoms with E-state index in [-0.39, 0.29) is 5.75 Å². The third-order valence-corrected chi connectivity index (χ3v) is 5.49. The summed E-state index contributed by atoms with van der Waals surface area (Å²) in [5.74, 6) is 0.240. The summed E-state index contributed by atoms with van der Waals surface area (Å²) < 4.78 is 22.4. The Labute approximate surface area is 196 Å². The minimum atomic E-state index is -0.445. The van der Waals surface area contributed by atoms with Gasteiger partial charge in [0.2, 0.25) is 5.88 Å². The van der Waals surface area contributed by atoms with E-state index < -0.39 is 11.9 Å². The maximum Gasteiger partial charge on any atom is 0.227 e. The van der Waals surface area contributed by atoms with Crippen molar-refractivity contribution in [2.45, 2.75) is 52.2 Å². The Morgan fingerprint density at radius 1 is 1.15 bits per heavy atom. The minimum Gasteiger partial charge on any atom is -0.435 e.